The van der Waals surface area contributed by atoms with E-state index in [0.29, 0.717) is 6.54 Å². The highest BCUT2D eigenvalue weighted by atomic mass is 16.3. The molecule has 114 valence electrons. The third-order valence-electron chi connectivity index (χ3n) is 4.03. The first-order chi connectivity index (χ1) is 10.1. The quantitative estimate of drug-likeness (QED) is 0.820. The normalized spacial score (nSPS) is 11.8. The summed E-state index contributed by atoms with van der Waals surface area (Å²) in [4.78, 5) is 3.97. The van der Waals surface area contributed by atoms with Crippen LogP contribution in [0.2, 0.25) is 0 Å². The highest BCUT2D eigenvalue weighted by Gasteiger charge is 2.21. The zero-order valence-corrected chi connectivity index (χ0v) is 13.0. The highest BCUT2D eigenvalue weighted by Crippen LogP contribution is 2.16. The molecule has 0 amide bonds. The largest absolute Gasteiger partial charge is 0.389 e. The zero-order chi connectivity index (χ0) is 15.3. The van der Waals surface area contributed by atoms with Gasteiger partial charge in [-0.1, -0.05) is 26.0 Å². The fourth-order valence-electron chi connectivity index (χ4n) is 2.36. The third kappa shape index (κ3) is 3.89. The van der Waals surface area contributed by atoms with E-state index in [1.165, 1.54) is 11.9 Å². The summed E-state index contributed by atoms with van der Waals surface area (Å²) in [5, 5.41) is 17.7. The maximum Gasteiger partial charge on any atom is 0.138 e. The van der Waals surface area contributed by atoms with Crippen molar-refractivity contribution in [2.75, 3.05) is 6.54 Å². The van der Waals surface area contributed by atoms with Crippen LogP contribution in [0, 0.1) is 6.92 Å². The topological polar surface area (TPSA) is 63.0 Å². The molecule has 0 spiro atoms. The molecule has 0 saturated carbocycles. The monoisotopic (exact) mass is 288 g/mol. The average molecular weight is 288 g/mol. The molecule has 0 aliphatic heterocycles. The number of nitrogens with zero attached hydrogens (tertiary/aromatic N) is 3. The Morgan fingerprint density at radius 3 is 2.62 bits per heavy atom. The van der Waals surface area contributed by atoms with Crippen molar-refractivity contribution in [1.82, 2.24) is 20.1 Å². The minimum absolute atomic E-state index is 0.601. The first-order valence-electron chi connectivity index (χ1n) is 7.45. The van der Waals surface area contributed by atoms with Crippen LogP contribution >= 0.6 is 0 Å². The van der Waals surface area contributed by atoms with E-state index in [2.05, 4.69) is 34.5 Å². The number of hydrogen-bond acceptors (Lipinski definition) is 4. The second kappa shape index (κ2) is 6.83. The summed E-state index contributed by atoms with van der Waals surface area (Å²) < 4.78 is 1.76. The standard InChI is InChI=1S/C16H24N4O/c1-4-16(21,5-2)10-17-9-14-6-7-15(13(3)8-14)20-12-18-11-19-20/h6-8,11-12,17,21H,4-5,9-10H2,1-3H3. The van der Waals surface area contributed by atoms with Gasteiger partial charge in [-0.3, -0.25) is 0 Å². The van der Waals surface area contributed by atoms with Gasteiger partial charge < -0.3 is 10.4 Å². The molecule has 0 atom stereocenters. The molecule has 2 rings (SSSR count). The van der Waals surface area contributed by atoms with Gasteiger partial charge in [0.15, 0.2) is 0 Å². The van der Waals surface area contributed by atoms with Crippen LogP contribution in [0.4, 0.5) is 0 Å². The fraction of sp³-hybridized carbons (Fsp3) is 0.500. The maximum absolute atomic E-state index is 10.2. The summed E-state index contributed by atoms with van der Waals surface area (Å²) in [5.41, 5.74) is 2.79. The molecule has 0 radical (unpaired) electrons. The van der Waals surface area contributed by atoms with Gasteiger partial charge >= 0.3 is 0 Å². The van der Waals surface area contributed by atoms with E-state index in [1.807, 2.05) is 19.9 Å². The van der Waals surface area contributed by atoms with Crippen LogP contribution in [0.5, 0.6) is 0 Å². The lowest BCUT2D eigenvalue weighted by atomic mass is 9.97. The van der Waals surface area contributed by atoms with Crippen molar-refractivity contribution in [3.8, 4) is 5.69 Å². The van der Waals surface area contributed by atoms with Crippen LogP contribution in [-0.2, 0) is 6.54 Å². The third-order valence-corrected chi connectivity index (χ3v) is 4.03. The minimum Gasteiger partial charge on any atom is -0.389 e. The molecule has 1 aromatic heterocycles. The number of rotatable bonds is 7. The molecule has 0 fully saturated rings. The fourth-order valence-corrected chi connectivity index (χ4v) is 2.36. The van der Waals surface area contributed by atoms with Gasteiger partial charge in [0.2, 0.25) is 0 Å². The Bertz CT molecular complexity index is 562. The summed E-state index contributed by atoms with van der Waals surface area (Å²) in [7, 11) is 0. The van der Waals surface area contributed by atoms with Gasteiger partial charge in [0.1, 0.15) is 12.7 Å². The van der Waals surface area contributed by atoms with Crippen LogP contribution in [-0.4, -0.2) is 32.0 Å². The van der Waals surface area contributed by atoms with Gasteiger partial charge in [0.25, 0.3) is 0 Å². The number of aliphatic hydroxyl groups is 1. The summed E-state index contributed by atoms with van der Waals surface area (Å²) >= 11 is 0. The van der Waals surface area contributed by atoms with Crippen molar-refractivity contribution in [3.63, 3.8) is 0 Å². The molecule has 21 heavy (non-hydrogen) atoms. The van der Waals surface area contributed by atoms with E-state index in [9.17, 15) is 5.11 Å². The summed E-state index contributed by atoms with van der Waals surface area (Å²) in [6, 6.07) is 6.27. The van der Waals surface area contributed by atoms with Gasteiger partial charge in [0.05, 0.1) is 11.3 Å². The molecule has 0 saturated heterocycles. The van der Waals surface area contributed by atoms with Crippen LogP contribution in [0.15, 0.2) is 30.9 Å². The Kier molecular flexibility index (Phi) is 5.09. The Labute approximate surface area is 126 Å². The Hall–Kier alpha value is -1.72. The summed E-state index contributed by atoms with van der Waals surface area (Å²) in [6.07, 6.45) is 4.76. The lowest BCUT2D eigenvalue weighted by Crippen LogP contribution is -2.39. The van der Waals surface area contributed by atoms with E-state index < -0.39 is 5.60 Å². The number of hydrogen-bond donors (Lipinski definition) is 2. The molecule has 0 bridgehead atoms. The smallest absolute Gasteiger partial charge is 0.138 e. The van der Waals surface area contributed by atoms with Gasteiger partial charge in [-0.05, 0) is 37.0 Å². The predicted molar refractivity (Wildman–Crippen MR) is 83.3 cm³/mol. The average Bonchev–Trinajstić information content (AvgIpc) is 3.01. The lowest BCUT2D eigenvalue weighted by molar-refractivity contribution is 0.0323. The number of benzene rings is 1. The van der Waals surface area contributed by atoms with Gasteiger partial charge in [0, 0.05) is 13.1 Å². The number of aromatic nitrogens is 3. The molecule has 0 unspecified atom stereocenters. The minimum atomic E-state index is -0.601. The molecule has 1 heterocycles. The van der Waals surface area contributed by atoms with E-state index in [-0.39, 0.29) is 0 Å². The van der Waals surface area contributed by atoms with Crippen molar-refractivity contribution < 1.29 is 5.11 Å². The zero-order valence-electron chi connectivity index (χ0n) is 13.0. The second-order valence-electron chi connectivity index (χ2n) is 5.50. The first-order valence-corrected chi connectivity index (χ1v) is 7.45. The van der Waals surface area contributed by atoms with Crippen molar-refractivity contribution in [3.05, 3.63) is 42.0 Å². The SMILES string of the molecule is CCC(O)(CC)CNCc1ccc(-n2cncn2)c(C)c1. The lowest BCUT2D eigenvalue weighted by Gasteiger charge is -2.25. The van der Waals surface area contributed by atoms with Crippen molar-refractivity contribution >= 4 is 0 Å². The van der Waals surface area contributed by atoms with E-state index >= 15 is 0 Å². The molecule has 2 N–H and O–H groups in total. The predicted octanol–water partition coefficient (Wildman–Crippen LogP) is 2.22. The van der Waals surface area contributed by atoms with E-state index in [1.54, 1.807) is 11.0 Å². The molecule has 2 aromatic rings. The second-order valence-corrected chi connectivity index (χ2v) is 5.50. The van der Waals surface area contributed by atoms with Gasteiger partial charge in [-0.15, -0.1) is 0 Å². The Balaban J connectivity index is 1.98. The molecule has 0 aliphatic carbocycles. The Morgan fingerprint density at radius 1 is 1.29 bits per heavy atom. The molecule has 5 nitrogen and oxygen atoms in total. The van der Waals surface area contributed by atoms with E-state index in [4.69, 9.17) is 0 Å². The molecular formula is C16H24N4O. The first kappa shape index (κ1) is 15.7. The van der Waals surface area contributed by atoms with Gasteiger partial charge in [-0.25, -0.2) is 9.67 Å². The van der Waals surface area contributed by atoms with Crippen LogP contribution in [0.1, 0.15) is 37.8 Å². The van der Waals surface area contributed by atoms with Crippen molar-refractivity contribution in [2.24, 2.45) is 0 Å². The number of aryl methyl sites for hydroxylation is 1. The van der Waals surface area contributed by atoms with E-state index in [0.717, 1.165) is 30.6 Å². The molecular weight excluding hydrogens is 264 g/mol. The van der Waals surface area contributed by atoms with Crippen molar-refractivity contribution in [1.29, 1.82) is 0 Å². The van der Waals surface area contributed by atoms with Crippen LogP contribution in [0.25, 0.3) is 5.69 Å². The number of nitrogens with one attached hydrogen (secondary N) is 1. The molecule has 1 aromatic carbocycles. The maximum atomic E-state index is 10.2. The van der Waals surface area contributed by atoms with Crippen molar-refractivity contribution in [2.45, 2.75) is 45.8 Å². The summed E-state index contributed by atoms with van der Waals surface area (Å²) in [5.74, 6) is 0. The summed E-state index contributed by atoms with van der Waals surface area (Å²) in [6.45, 7) is 7.46. The van der Waals surface area contributed by atoms with Crippen LogP contribution in [0.3, 0.4) is 0 Å². The molecule has 5 heteroatoms. The van der Waals surface area contributed by atoms with Gasteiger partial charge in [-0.2, -0.15) is 5.10 Å². The highest BCUT2D eigenvalue weighted by molar-refractivity contribution is 5.41. The Morgan fingerprint density at radius 2 is 2.05 bits per heavy atom. The molecule has 0 aliphatic rings. The van der Waals surface area contributed by atoms with Crippen LogP contribution < -0.4 is 5.32 Å².